The molecule has 9 heteroatoms. The van der Waals surface area contributed by atoms with Crippen molar-refractivity contribution in [2.24, 2.45) is 0 Å². The lowest BCUT2D eigenvalue weighted by atomic mass is 10.3. The summed E-state index contributed by atoms with van der Waals surface area (Å²) in [6.07, 6.45) is 0.340. The molecule has 0 bridgehead atoms. The summed E-state index contributed by atoms with van der Waals surface area (Å²) in [6, 6.07) is 5.50. The molecular weight excluding hydrogens is 322 g/mol. The first-order valence-electron chi connectivity index (χ1n) is 7.01. The quantitative estimate of drug-likeness (QED) is 0.548. The van der Waals surface area contributed by atoms with Crippen LogP contribution in [0.2, 0.25) is 0 Å². The second-order valence-electron chi connectivity index (χ2n) is 5.00. The first-order chi connectivity index (χ1) is 10.8. The van der Waals surface area contributed by atoms with Crippen LogP contribution in [0.25, 0.3) is 0 Å². The molecule has 0 spiro atoms. The molecule has 0 aliphatic carbocycles. The molecule has 1 aliphatic rings. The van der Waals surface area contributed by atoms with Gasteiger partial charge in [-0.2, -0.15) is 0 Å². The maximum absolute atomic E-state index is 12.1. The number of nitrogens with one attached hydrogen (secondary N) is 2. The van der Waals surface area contributed by atoms with Crippen molar-refractivity contribution >= 4 is 33.4 Å². The maximum Gasteiger partial charge on any atom is 0.240 e. The van der Waals surface area contributed by atoms with Gasteiger partial charge in [-0.1, -0.05) is 0 Å². The van der Waals surface area contributed by atoms with Crippen molar-refractivity contribution in [1.82, 2.24) is 10.0 Å². The first-order valence-corrected chi connectivity index (χ1v) is 8.49. The van der Waals surface area contributed by atoms with Crippen molar-refractivity contribution in [1.29, 1.82) is 0 Å². The Kier molecular flexibility index (Phi) is 5.12. The lowest BCUT2D eigenvalue weighted by Crippen LogP contribution is -2.33. The van der Waals surface area contributed by atoms with Crippen molar-refractivity contribution in [2.45, 2.75) is 24.7 Å². The fourth-order valence-electron chi connectivity index (χ4n) is 2.15. The number of hydrogen-bond acceptors (Lipinski definition) is 5. The molecule has 8 nitrogen and oxygen atoms in total. The highest BCUT2D eigenvalue weighted by Gasteiger charge is 2.30. The van der Waals surface area contributed by atoms with E-state index in [1.165, 1.54) is 31.2 Å². The van der Waals surface area contributed by atoms with Crippen LogP contribution in [0.1, 0.15) is 19.8 Å². The van der Waals surface area contributed by atoms with Crippen LogP contribution >= 0.6 is 0 Å². The molecule has 124 valence electrons. The molecule has 0 aromatic heterocycles. The molecular formula is C14H17N3O5S. The number of nitrogens with zero attached hydrogens (tertiary/aromatic N) is 1. The summed E-state index contributed by atoms with van der Waals surface area (Å²) in [5.41, 5.74) is 0.356. The topological polar surface area (TPSA) is 113 Å². The summed E-state index contributed by atoms with van der Waals surface area (Å²) in [6.45, 7) is 1.59. The van der Waals surface area contributed by atoms with E-state index in [2.05, 4.69) is 10.0 Å². The first kappa shape index (κ1) is 17.1. The van der Waals surface area contributed by atoms with Crippen LogP contribution in [-0.4, -0.2) is 39.2 Å². The molecule has 2 rings (SSSR count). The number of benzene rings is 1. The van der Waals surface area contributed by atoms with Gasteiger partial charge >= 0.3 is 0 Å². The monoisotopic (exact) mass is 339 g/mol. The van der Waals surface area contributed by atoms with E-state index >= 15 is 0 Å². The Labute approximate surface area is 133 Å². The third kappa shape index (κ3) is 4.14. The molecule has 1 aliphatic heterocycles. The molecule has 0 atom stereocenters. The van der Waals surface area contributed by atoms with Crippen molar-refractivity contribution in [2.75, 3.05) is 18.0 Å². The van der Waals surface area contributed by atoms with Crippen LogP contribution in [0.3, 0.4) is 0 Å². The lowest BCUT2D eigenvalue weighted by molar-refractivity contribution is -0.121. The molecule has 1 heterocycles. The van der Waals surface area contributed by atoms with E-state index in [9.17, 15) is 22.8 Å². The van der Waals surface area contributed by atoms with Crippen molar-refractivity contribution in [3.63, 3.8) is 0 Å². The average Bonchev–Trinajstić information content (AvgIpc) is 2.83. The maximum atomic E-state index is 12.1. The molecule has 1 saturated heterocycles. The van der Waals surface area contributed by atoms with Crippen LogP contribution < -0.4 is 14.9 Å². The molecule has 0 radical (unpaired) electrons. The summed E-state index contributed by atoms with van der Waals surface area (Å²) in [4.78, 5) is 35.1. The highest BCUT2D eigenvalue weighted by atomic mass is 32.2. The third-order valence-electron chi connectivity index (χ3n) is 3.25. The van der Waals surface area contributed by atoms with Crippen LogP contribution in [0.5, 0.6) is 0 Å². The summed E-state index contributed by atoms with van der Waals surface area (Å²) in [5.74, 6) is -0.827. The molecule has 0 unspecified atom stereocenters. The number of carbonyl (C=O) groups is 3. The zero-order chi connectivity index (χ0) is 17.0. The molecule has 23 heavy (non-hydrogen) atoms. The number of imide groups is 1. The molecule has 0 saturated carbocycles. The van der Waals surface area contributed by atoms with Crippen molar-refractivity contribution in [3.05, 3.63) is 24.3 Å². The third-order valence-corrected chi connectivity index (χ3v) is 4.72. The fraction of sp³-hybridized carbons (Fsp3) is 0.357. The SMILES string of the molecule is CC(=O)NCCNS(=O)(=O)c1ccc(N2C(=O)CCC2=O)cc1. The number of rotatable bonds is 6. The Morgan fingerprint density at radius 3 is 2.17 bits per heavy atom. The highest BCUT2D eigenvalue weighted by molar-refractivity contribution is 7.89. The Bertz CT molecular complexity index is 711. The minimum atomic E-state index is -3.72. The van der Waals surface area contributed by atoms with Crippen molar-refractivity contribution in [3.8, 4) is 0 Å². The normalized spacial score (nSPS) is 15.1. The largest absolute Gasteiger partial charge is 0.355 e. The zero-order valence-corrected chi connectivity index (χ0v) is 13.4. The van der Waals surface area contributed by atoms with Gasteiger partial charge in [0.05, 0.1) is 10.6 Å². The van der Waals surface area contributed by atoms with Gasteiger partial charge in [0.25, 0.3) is 0 Å². The number of sulfonamides is 1. The molecule has 1 aromatic rings. The lowest BCUT2D eigenvalue weighted by Gasteiger charge is -2.14. The van der Waals surface area contributed by atoms with E-state index in [-0.39, 0.29) is 48.5 Å². The van der Waals surface area contributed by atoms with Crippen molar-refractivity contribution < 1.29 is 22.8 Å². The van der Waals surface area contributed by atoms with E-state index in [0.29, 0.717) is 5.69 Å². The Hall–Kier alpha value is -2.26. The van der Waals surface area contributed by atoms with Crippen LogP contribution in [0, 0.1) is 0 Å². The zero-order valence-electron chi connectivity index (χ0n) is 12.5. The van der Waals surface area contributed by atoms with E-state index < -0.39 is 10.0 Å². The summed E-state index contributed by atoms with van der Waals surface area (Å²) in [5, 5.41) is 2.48. The Balaban J connectivity index is 2.05. The van der Waals surface area contributed by atoms with Gasteiger partial charge in [-0.25, -0.2) is 13.1 Å². The van der Waals surface area contributed by atoms with Crippen LogP contribution in [0.15, 0.2) is 29.2 Å². The van der Waals surface area contributed by atoms with Gasteiger partial charge in [-0.15, -0.1) is 0 Å². The van der Waals surface area contributed by atoms with Crippen LogP contribution in [0.4, 0.5) is 5.69 Å². The standard InChI is InChI=1S/C14H17N3O5S/c1-10(18)15-8-9-16-23(21,22)12-4-2-11(3-5-12)17-13(19)6-7-14(17)20/h2-5,16H,6-9H2,1H3,(H,15,18). The summed E-state index contributed by atoms with van der Waals surface area (Å²) < 4.78 is 26.5. The number of anilines is 1. The predicted molar refractivity (Wildman–Crippen MR) is 82.0 cm³/mol. The van der Waals surface area contributed by atoms with Gasteiger partial charge in [0, 0.05) is 32.9 Å². The van der Waals surface area contributed by atoms with Gasteiger partial charge in [-0.05, 0) is 24.3 Å². The van der Waals surface area contributed by atoms with Crippen LogP contribution in [-0.2, 0) is 24.4 Å². The number of carbonyl (C=O) groups excluding carboxylic acids is 3. The van der Waals surface area contributed by atoms with E-state index in [4.69, 9.17) is 0 Å². The molecule has 3 amide bonds. The Morgan fingerprint density at radius 1 is 1.09 bits per heavy atom. The minimum absolute atomic E-state index is 0.0168. The van der Waals surface area contributed by atoms with Gasteiger partial charge in [0.1, 0.15) is 0 Å². The smallest absolute Gasteiger partial charge is 0.240 e. The summed E-state index contributed by atoms with van der Waals surface area (Å²) in [7, 11) is -3.72. The van der Waals surface area contributed by atoms with Gasteiger partial charge < -0.3 is 5.32 Å². The highest BCUT2D eigenvalue weighted by Crippen LogP contribution is 2.23. The van der Waals surface area contributed by atoms with Gasteiger partial charge in [0.2, 0.25) is 27.7 Å². The van der Waals surface area contributed by atoms with Gasteiger partial charge in [-0.3, -0.25) is 19.3 Å². The minimum Gasteiger partial charge on any atom is -0.355 e. The fourth-order valence-corrected chi connectivity index (χ4v) is 3.18. The Morgan fingerprint density at radius 2 is 1.65 bits per heavy atom. The average molecular weight is 339 g/mol. The number of hydrogen-bond donors (Lipinski definition) is 2. The molecule has 2 N–H and O–H groups in total. The van der Waals surface area contributed by atoms with Gasteiger partial charge in [0.15, 0.2) is 0 Å². The second-order valence-corrected chi connectivity index (χ2v) is 6.76. The molecule has 1 fully saturated rings. The van der Waals surface area contributed by atoms with E-state index in [1.807, 2.05) is 0 Å². The molecule has 1 aromatic carbocycles. The number of amides is 3. The summed E-state index contributed by atoms with van der Waals surface area (Å²) >= 11 is 0. The second kappa shape index (κ2) is 6.88. The van der Waals surface area contributed by atoms with E-state index in [1.54, 1.807) is 0 Å². The van der Waals surface area contributed by atoms with E-state index in [0.717, 1.165) is 4.90 Å². The predicted octanol–water partition coefficient (Wildman–Crippen LogP) is -0.246.